The van der Waals surface area contributed by atoms with Gasteiger partial charge in [-0.3, -0.25) is 5.43 Å². The summed E-state index contributed by atoms with van der Waals surface area (Å²) < 4.78 is 4.73. The van der Waals surface area contributed by atoms with E-state index in [2.05, 4.69) is 10.7 Å². The zero-order valence-corrected chi connectivity index (χ0v) is 7.30. The zero-order valence-electron chi connectivity index (χ0n) is 7.30. The molecular formula is C7H15N3O2. The fraction of sp³-hybridized carbons (Fsp3) is 0.857. The fourth-order valence-electron chi connectivity index (χ4n) is 1.07. The molecule has 0 saturated carbocycles. The van der Waals surface area contributed by atoms with E-state index in [9.17, 15) is 4.79 Å². The van der Waals surface area contributed by atoms with E-state index in [1.807, 2.05) is 5.01 Å². The topological polar surface area (TPSA) is 53.6 Å². The molecule has 0 bridgehead atoms. The van der Waals surface area contributed by atoms with Crippen LogP contribution in [0.15, 0.2) is 0 Å². The highest BCUT2D eigenvalue weighted by molar-refractivity contribution is 5.66. The van der Waals surface area contributed by atoms with Crippen molar-refractivity contribution in [3.8, 4) is 0 Å². The van der Waals surface area contributed by atoms with Crippen molar-refractivity contribution >= 4 is 6.09 Å². The quantitative estimate of drug-likeness (QED) is 0.594. The van der Waals surface area contributed by atoms with Crippen LogP contribution < -0.4 is 10.7 Å². The van der Waals surface area contributed by atoms with E-state index in [1.54, 1.807) is 6.92 Å². The average Bonchev–Trinajstić information content (AvgIpc) is 2.06. The lowest BCUT2D eigenvalue weighted by atomic mass is 10.4. The maximum absolute atomic E-state index is 10.9. The number of hydrogen-bond donors (Lipinski definition) is 2. The first kappa shape index (κ1) is 9.28. The molecule has 0 aromatic heterocycles. The standard InChI is InChI=1S/C7H15N3O2/c1-2-12-7(11)9-10-5-3-8-4-6-10/h8H,2-6H2,1H3,(H,9,11). The molecule has 0 radical (unpaired) electrons. The Hall–Kier alpha value is -0.810. The lowest BCUT2D eigenvalue weighted by Gasteiger charge is -2.26. The number of hydrogen-bond acceptors (Lipinski definition) is 4. The maximum Gasteiger partial charge on any atom is 0.421 e. The molecule has 0 aliphatic carbocycles. The summed E-state index contributed by atoms with van der Waals surface area (Å²) in [6, 6.07) is 0. The van der Waals surface area contributed by atoms with Gasteiger partial charge in [0.05, 0.1) is 6.61 Å². The Morgan fingerprint density at radius 2 is 2.25 bits per heavy atom. The van der Waals surface area contributed by atoms with Crippen LogP contribution in [-0.4, -0.2) is 43.9 Å². The lowest BCUT2D eigenvalue weighted by molar-refractivity contribution is 0.102. The number of nitrogens with one attached hydrogen (secondary N) is 2. The highest BCUT2D eigenvalue weighted by atomic mass is 16.6. The monoisotopic (exact) mass is 173 g/mol. The second-order valence-corrected chi connectivity index (χ2v) is 2.57. The molecule has 1 amide bonds. The molecule has 1 aliphatic heterocycles. The minimum Gasteiger partial charge on any atom is -0.449 e. The van der Waals surface area contributed by atoms with E-state index in [-0.39, 0.29) is 6.09 Å². The molecule has 1 rings (SSSR count). The lowest BCUT2D eigenvalue weighted by Crippen LogP contribution is -2.52. The van der Waals surface area contributed by atoms with Crippen LogP contribution in [0.25, 0.3) is 0 Å². The van der Waals surface area contributed by atoms with E-state index in [0.717, 1.165) is 26.2 Å². The minimum atomic E-state index is -0.362. The van der Waals surface area contributed by atoms with E-state index >= 15 is 0 Å². The van der Waals surface area contributed by atoms with Gasteiger partial charge >= 0.3 is 6.09 Å². The van der Waals surface area contributed by atoms with Crippen molar-refractivity contribution in [1.82, 2.24) is 15.8 Å². The summed E-state index contributed by atoms with van der Waals surface area (Å²) in [5, 5.41) is 5.04. The Morgan fingerprint density at radius 3 is 2.83 bits per heavy atom. The molecule has 0 atom stereocenters. The van der Waals surface area contributed by atoms with Crippen LogP contribution in [0.1, 0.15) is 6.92 Å². The molecule has 70 valence electrons. The highest BCUT2D eigenvalue weighted by Gasteiger charge is 2.11. The van der Waals surface area contributed by atoms with Crippen LogP contribution in [0.2, 0.25) is 0 Å². The third-order valence-corrected chi connectivity index (χ3v) is 1.64. The van der Waals surface area contributed by atoms with Gasteiger partial charge in [0.25, 0.3) is 0 Å². The molecule has 2 N–H and O–H groups in total. The first-order valence-corrected chi connectivity index (χ1v) is 4.22. The van der Waals surface area contributed by atoms with Gasteiger partial charge < -0.3 is 10.1 Å². The first-order chi connectivity index (χ1) is 5.83. The number of hydrazine groups is 1. The molecule has 1 heterocycles. The molecule has 12 heavy (non-hydrogen) atoms. The van der Waals surface area contributed by atoms with E-state index < -0.39 is 0 Å². The van der Waals surface area contributed by atoms with Crippen LogP contribution in [0.4, 0.5) is 4.79 Å². The van der Waals surface area contributed by atoms with Crippen LogP contribution >= 0.6 is 0 Å². The summed E-state index contributed by atoms with van der Waals surface area (Å²) >= 11 is 0. The van der Waals surface area contributed by atoms with Gasteiger partial charge in [0.15, 0.2) is 0 Å². The van der Waals surface area contributed by atoms with Crippen LogP contribution in [0.5, 0.6) is 0 Å². The van der Waals surface area contributed by atoms with Gasteiger partial charge in [0.2, 0.25) is 0 Å². The number of nitrogens with zero attached hydrogens (tertiary/aromatic N) is 1. The minimum absolute atomic E-state index is 0.362. The van der Waals surface area contributed by atoms with E-state index in [0.29, 0.717) is 6.61 Å². The second-order valence-electron chi connectivity index (χ2n) is 2.57. The SMILES string of the molecule is CCOC(=O)NN1CCNCC1. The van der Waals surface area contributed by atoms with Gasteiger partial charge in [-0.15, -0.1) is 0 Å². The highest BCUT2D eigenvalue weighted by Crippen LogP contribution is 1.87. The van der Waals surface area contributed by atoms with Crippen LogP contribution in [0.3, 0.4) is 0 Å². The van der Waals surface area contributed by atoms with E-state index in [4.69, 9.17) is 4.74 Å². The Kier molecular flexibility index (Phi) is 3.83. The van der Waals surface area contributed by atoms with Crippen molar-refractivity contribution in [2.24, 2.45) is 0 Å². The molecule has 1 aliphatic rings. The maximum atomic E-state index is 10.9. The van der Waals surface area contributed by atoms with Crippen molar-refractivity contribution in [2.75, 3.05) is 32.8 Å². The predicted octanol–water partition coefficient (Wildman–Crippen LogP) is -0.447. The summed E-state index contributed by atoms with van der Waals surface area (Å²) in [6.07, 6.45) is -0.362. The number of carbonyl (C=O) groups excluding carboxylic acids is 1. The van der Waals surface area contributed by atoms with Crippen LogP contribution in [0, 0.1) is 0 Å². The van der Waals surface area contributed by atoms with Gasteiger partial charge in [0, 0.05) is 26.2 Å². The predicted molar refractivity (Wildman–Crippen MR) is 44.6 cm³/mol. The summed E-state index contributed by atoms with van der Waals surface area (Å²) in [5.41, 5.74) is 2.65. The largest absolute Gasteiger partial charge is 0.449 e. The number of rotatable bonds is 2. The van der Waals surface area contributed by atoms with Crippen molar-refractivity contribution in [3.63, 3.8) is 0 Å². The number of carbonyl (C=O) groups is 1. The summed E-state index contributed by atoms with van der Waals surface area (Å²) in [6.45, 7) is 5.69. The normalized spacial score (nSPS) is 18.8. The molecule has 0 spiro atoms. The second kappa shape index (κ2) is 4.95. The third kappa shape index (κ3) is 3.06. The van der Waals surface area contributed by atoms with Crippen molar-refractivity contribution < 1.29 is 9.53 Å². The fourth-order valence-corrected chi connectivity index (χ4v) is 1.07. The molecule has 0 aromatic carbocycles. The summed E-state index contributed by atoms with van der Waals surface area (Å²) in [7, 11) is 0. The van der Waals surface area contributed by atoms with Crippen molar-refractivity contribution in [1.29, 1.82) is 0 Å². The number of piperazine rings is 1. The molecule has 0 unspecified atom stereocenters. The van der Waals surface area contributed by atoms with Gasteiger partial charge in [-0.1, -0.05) is 0 Å². The molecule has 0 aromatic rings. The molecular weight excluding hydrogens is 158 g/mol. The summed E-state index contributed by atoms with van der Waals surface area (Å²) in [4.78, 5) is 10.9. The third-order valence-electron chi connectivity index (χ3n) is 1.64. The summed E-state index contributed by atoms with van der Waals surface area (Å²) in [5.74, 6) is 0. The first-order valence-electron chi connectivity index (χ1n) is 4.22. The molecule has 5 heteroatoms. The Morgan fingerprint density at radius 1 is 1.58 bits per heavy atom. The Bertz CT molecular complexity index is 146. The van der Waals surface area contributed by atoms with E-state index in [1.165, 1.54) is 0 Å². The molecule has 1 saturated heterocycles. The van der Waals surface area contributed by atoms with Gasteiger partial charge in [-0.05, 0) is 6.92 Å². The van der Waals surface area contributed by atoms with Gasteiger partial charge in [-0.2, -0.15) is 0 Å². The average molecular weight is 173 g/mol. The Balaban J connectivity index is 2.15. The van der Waals surface area contributed by atoms with Gasteiger partial charge in [0.1, 0.15) is 0 Å². The van der Waals surface area contributed by atoms with Crippen LogP contribution in [-0.2, 0) is 4.74 Å². The number of amides is 1. The molecule has 5 nitrogen and oxygen atoms in total. The van der Waals surface area contributed by atoms with Crippen molar-refractivity contribution in [2.45, 2.75) is 6.92 Å². The van der Waals surface area contributed by atoms with Gasteiger partial charge in [-0.25, -0.2) is 9.80 Å². The molecule has 1 fully saturated rings. The van der Waals surface area contributed by atoms with Crippen molar-refractivity contribution in [3.05, 3.63) is 0 Å². The Labute approximate surface area is 72.0 Å². The number of ether oxygens (including phenoxy) is 1. The smallest absolute Gasteiger partial charge is 0.421 e. The zero-order chi connectivity index (χ0) is 8.81.